The van der Waals surface area contributed by atoms with Crippen LogP contribution in [0.1, 0.15) is 41.1 Å². The lowest BCUT2D eigenvalue weighted by molar-refractivity contribution is 0.0721. The van der Waals surface area contributed by atoms with Gasteiger partial charge in [0.05, 0.1) is 28.1 Å². The second kappa shape index (κ2) is 7.81. The van der Waals surface area contributed by atoms with Crippen molar-refractivity contribution in [3.8, 4) is 0 Å². The van der Waals surface area contributed by atoms with Crippen molar-refractivity contribution in [2.24, 2.45) is 0 Å². The van der Waals surface area contributed by atoms with E-state index in [2.05, 4.69) is 20.3 Å². The second-order valence-corrected chi connectivity index (χ2v) is 7.89. The van der Waals surface area contributed by atoms with Gasteiger partial charge >= 0.3 is 0 Å². The number of hydrogen-bond donors (Lipinski definition) is 1. The van der Waals surface area contributed by atoms with Crippen molar-refractivity contribution < 1.29 is 9.53 Å². The lowest BCUT2D eigenvalue weighted by atomic mass is 10.2. The number of hydrogen-bond acceptors (Lipinski definition) is 7. The number of aryl methyl sites for hydroxylation is 1. The average molecular weight is 398 g/mol. The number of amides is 1. The first-order valence-corrected chi connectivity index (χ1v) is 10.2. The molecule has 0 aromatic carbocycles. The molecule has 146 valence electrons. The number of ether oxygens (including phenoxy) is 1. The summed E-state index contributed by atoms with van der Waals surface area (Å²) in [5.41, 5.74) is 3.21. The maximum atomic E-state index is 13.2. The third-order valence-electron chi connectivity index (χ3n) is 5.04. The van der Waals surface area contributed by atoms with Gasteiger partial charge in [0.25, 0.3) is 5.91 Å². The van der Waals surface area contributed by atoms with E-state index in [9.17, 15) is 4.79 Å². The van der Waals surface area contributed by atoms with Crippen LogP contribution in [0.3, 0.4) is 0 Å². The number of nitrogens with zero attached hydrogens (tertiary/aromatic N) is 4. The Labute approximate surface area is 167 Å². The maximum absolute atomic E-state index is 13.2. The highest BCUT2D eigenvalue weighted by molar-refractivity contribution is 7.17. The number of anilines is 1. The molecule has 0 bridgehead atoms. The molecule has 0 spiro atoms. The highest BCUT2D eigenvalue weighted by atomic mass is 32.1. The number of carbonyl (C=O) groups excluding carboxylic acids is 1. The number of thiophene rings is 1. The number of carbonyl (C=O) groups is 1. The van der Waals surface area contributed by atoms with Crippen LogP contribution in [0.25, 0.3) is 10.2 Å². The molecule has 1 aliphatic rings. The van der Waals surface area contributed by atoms with Crippen LogP contribution in [-0.2, 0) is 4.74 Å². The number of nitrogens with one attached hydrogen (secondary N) is 1. The maximum Gasteiger partial charge on any atom is 0.274 e. The molecule has 0 radical (unpaired) electrons. The molecule has 0 saturated carbocycles. The van der Waals surface area contributed by atoms with E-state index in [0.29, 0.717) is 24.7 Å². The van der Waals surface area contributed by atoms with Crippen molar-refractivity contribution in [2.45, 2.75) is 32.4 Å². The molecule has 1 N–H and O–H groups in total. The summed E-state index contributed by atoms with van der Waals surface area (Å²) in [7, 11) is 1.69. The highest BCUT2D eigenvalue weighted by Gasteiger charge is 2.30. The molecule has 0 aliphatic carbocycles. The summed E-state index contributed by atoms with van der Waals surface area (Å²) in [5, 5.41) is 5.32. The average Bonchev–Trinajstić information content (AvgIpc) is 3.35. The van der Waals surface area contributed by atoms with Gasteiger partial charge in [0, 0.05) is 26.4 Å². The summed E-state index contributed by atoms with van der Waals surface area (Å²) in [6.45, 7) is 5.28. The van der Waals surface area contributed by atoms with Crippen LogP contribution in [-0.4, -0.2) is 52.1 Å². The molecule has 1 fully saturated rings. The Morgan fingerprint density at radius 3 is 2.96 bits per heavy atom. The van der Waals surface area contributed by atoms with Crippen molar-refractivity contribution >= 4 is 33.4 Å². The first kappa shape index (κ1) is 18.8. The van der Waals surface area contributed by atoms with Crippen molar-refractivity contribution in [3.63, 3.8) is 0 Å². The minimum Gasteiger partial charge on any atom is -0.380 e. The van der Waals surface area contributed by atoms with E-state index in [-0.39, 0.29) is 18.1 Å². The van der Waals surface area contributed by atoms with Crippen LogP contribution in [0, 0.1) is 6.92 Å². The Hall–Kier alpha value is -2.58. The molecule has 8 heteroatoms. The van der Waals surface area contributed by atoms with Gasteiger partial charge < -0.3 is 15.0 Å². The van der Waals surface area contributed by atoms with Crippen LogP contribution in [0.15, 0.2) is 29.8 Å². The number of methoxy groups -OCH3 is 1. The smallest absolute Gasteiger partial charge is 0.274 e. The van der Waals surface area contributed by atoms with E-state index in [1.165, 1.54) is 11.3 Å². The molecule has 2 atom stereocenters. The molecule has 1 aliphatic heterocycles. The summed E-state index contributed by atoms with van der Waals surface area (Å²) in [6, 6.07) is 5.70. The first-order valence-electron chi connectivity index (χ1n) is 9.32. The zero-order valence-electron chi connectivity index (χ0n) is 16.2. The van der Waals surface area contributed by atoms with Crippen molar-refractivity contribution in [1.82, 2.24) is 19.9 Å². The number of likely N-dealkylation sites (tertiary alicyclic amines) is 1. The Kier molecular flexibility index (Phi) is 5.23. The van der Waals surface area contributed by atoms with Gasteiger partial charge in [-0.15, -0.1) is 11.3 Å². The number of aromatic nitrogens is 3. The van der Waals surface area contributed by atoms with Gasteiger partial charge in [0.1, 0.15) is 0 Å². The quantitative estimate of drug-likeness (QED) is 0.710. The molecular weight excluding hydrogens is 374 g/mol. The van der Waals surface area contributed by atoms with Gasteiger partial charge in [-0.2, -0.15) is 0 Å². The van der Waals surface area contributed by atoms with Gasteiger partial charge in [-0.1, -0.05) is 6.07 Å². The number of fused-ring (bicyclic) bond motifs is 1. The number of pyridine rings is 1. The molecule has 4 heterocycles. The molecule has 3 aromatic heterocycles. The summed E-state index contributed by atoms with van der Waals surface area (Å²) in [5.74, 6) is 0.375. The number of rotatable bonds is 5. The zero-order chi connectivity index (χ0) is 19.7. The molecule has 1 saturated heterocycles. The van der Waals surface area contributed by atoms with Gasteiger partial charge in [0.2, 0.25) is 5.95 Å². The lowest BCUT2D eigenvalue weighted by Crippen LogP contribution is -2.31. The minimum absolute atomic E-state index is 0.0673. The van der Waals surface area contributed by atoms with Gasteiger partial charge in [-0.3, -0.25) is 9.78 Å². The van der Waals surface area contributed by atoms with E-state index in [4.69, 9.17) is 4.74 Å². The van der Waals surface area contributed by atoms with Crippen LogP contribution in [0.5, 0.6) is 0 Å². The largest absolute Gasteiger partial charge is 0.380 e. The Morgan fingerprint density at radius 1 is 1.39 bits per heavy atom. The van der Waals surface area contributed by atoms with Crippen LogP contribution < -0.4 is 5.32 Å². The van der Waals surface area contributed by atoms with Crippen molar-refractivity contribution in [3.05, 3.63) is 46.7 Å². The standard InChI is InChI=1S/C20H23N5O2S/c1-12-11-28-18-16(12)23-20(22-13(2)15-6-4-5-8-21-15)24-17(18)19(26)25-9-7-14(10-25)27-3/h4-6,8,11,13-14H,7,9-10H2,1-3H3,(H,22,23,24)/t13-,14?/m0/s1. The Morgan fingerprint density at radius 2 is 2.25 bits per heavy atom. The topological polar surface area (TPSA) is 80.2 Å². The van der Waals surface area contributed by atoms with E-state index in [1.807, 2.05) is 42.3 Å². The van der Waals surface area contributed by atoms with Crippen molar-refractivity contribution in [2.75, 3.05) is 25.5 Å². The van der Waals surface area contributed by atoms with Gasteiger partial charge in [-0.25, -0.2) is 9.97 Å². The summed E-state index contributed by atoms with van der Waals surface area (Å²) >= 11 is 1.51. The predicted molar refractivity (Wildman–Crippen MR) is 110 cm³/mol. The summed E-state index contributed by atoms with van der Waals surface area (Å²) < 4.78 is 6.23. The van der Waals surface area contributed by atoms with E-state index in [0.717, 1.165) is 27.9 Å². The predicted octanol–water partition coefficient (Wildman–Crippen LogP) is 3.43. The van der Waals surface area contributed by atoms with E-state index >= 15 is 0 Å². The normalized spacial score (nSPS) is 17.8. The van der Waals surface area contributed by atoms with Crippen LogP contribution in [0.2, 0.25) is 0 Å². The lowest BCUT2D eigenvalue weighted by Gasteiger charge is -2.18. The fourth-order valence-electron chi connectivity index (χ4n) is 3.40. The third kappa shape index (κ3) is 3.57. The summed E-state index contributed by atoms with van der Waals surface area (Å²) in [6.07, 6.45) is 2.70. The molecule has 7 nitrogen and oxygen atoms in total. The monoisotopic (exact) mass is 397 g/mol. The van der Waals surface area contributed by atoms with Crippen molar-refractivity contribution in [1.29, 1.82) is 0 Å². The molecule has 1 unspecified atom stereocenters. The third-order valence-corrected chi connectivity index (χ3v) is 6.13. The molecule has 1 amide bonds. The SMILES string of the molecule is COC1CCN(C(=O)c2nc(N[C@@H](C)c3ccccn3)nc3c(C)csc23)C1. The van der Waals surface area contributed by atoms with Crippen LogP contribution >= 0.6 is 11.3 Å². The fourth-order valence-corrected chi connectivity index (χ4v) is 4.37. The first-order chi connectivity index (χ1) is 13.6. The summed E-state index contributed by atoms with van der Waals surface area (Å²) in [4.78, 5) is 28.7. The molecule has 4 rings (SSSR count). The van der Waals surface area contributed by atoms with Gasteiger partial charge in [-0.05, 0) is 43.3 Å². The minimum atomic E-state index is -0.0785. The van der Waals surface area contributed by atoms with E-state index < -0.39 is 0 Å². The molecular formula is C20H23N5O2S. The molecule has 3 aromatic rings. The fraction of sp³-hybridized carbons (Fsp3) is 0.400. The van der Waals surface area contributed by atoms with E-state index in [1.54, 1.807) is 13.3 Å². The zero-order valence-corrected chi connectivity index (χ0v) is 17.0. The Bertz CT molecular complexity index is 991. The van der Waals surface area contributed by atoms with Gasteiger partial charge in [0.15, 0.2) is 5.69 Å². The Balaban J connectivity index is 1.67. The van der Waals surface area contributed by atoms with Crippen LogP contribution in [0.4, 0.5) is 5.95 Å². The highest BCUT2D eigenvalue weighted by Crippen LogP contribution is 2.30. The molecule has 28 heavy (non-hydrogen) atoms. The second-order valence-electron chi connectivity index (χ2n) is 7.01.